The number of amides is 2. The fourth-order valence-corrected chi connectivity index (χ4v) is 5.61. The van der Waals surface area contributed by atoms with Crippen molar-refractivity contribution in [1.29, 1.82) is 0 Å². The smallest absolute Gasteiger partial charge is 0.421 e. The van der Waals surface area contributed by atoms with Crippen LogP contribution < -0.4 is 10.2 Å². The van der Waals surface area contributed by atoms with E-state index in [2.05, 4.69) is 5.32 Å². The number of ether oxygens (including phenoxy) is 2. The van der Waals surface area contributed by atoms with Gasteiger partial charge in [0.05, 0.1) is 24.8 Å². The van der Waals surface area contributed by atoms with Gasteiger partial charge in [-0.1, -0.05) is 41.9 Å². The zero-order chi connectivity index (χ0) is 24.4. The maximum absolute atomic E-state index is 14.4. The fourth-order valence-electron chi connectivity index (χ4n) is 5.45. The highest BCUT2D eigenvalue weighted by atomic mass is 35.5. The molecule has 0 aromatic heterocycles. The summed E-state index contributed by atoms with van der Waals surface area (Å²) in [6, 6.07) is 12.1. The van der Waals surface area contributed by atoms with E-state index in [-0.39, 0.29) is 6.42 Å². The molecule has 0 bridgehead atoms. The summed E-state index contributed by atoms with van der Waals surface area (Å²) in [7, 11) is 1.31. The van der Waals surface area contributed by atoms with Crippen molar-refractivity contribution in [2.24, 2.45) is 5.92 Å². The van der Waals surface area contributed by atoms with Crippen LogP contribution in [0.2, 0.25) is 5.02 Å². The lowest BCUT2D eigenvalue weighted by Gasteiger charge is -2.42. The summed E-state index contributed by atoms with van der Waals surface area (Å²) in [4.78, 5) is 41.9. The van der Waals surface area contributed by atoms with Gasteiger partial charge in [0.25, 0.3) is 5.91 Å². The Morgan fingerprint density at radius 3 is 2.62 bits per heavy atom. The second kappa shape index (κ2) is 7.60. The third-order valence-electron chi connectivity index (χ3n) is 6.69. The zero-order valence-corrected chi connectivity index (χ0v) is 20.1. The molecule has 3 atom stereocenters. The molecule has 7 nitrogen and oxygen atoms in total. The van der Waals surface area contributed by atoms with E-state index in [1.165, 1.54) is 7.11 Å². The molecule has 3 aliphatic rings. The molecular formula is C26H25ClN2O5. The van der Waals surface area contributed by atoms with Crippen molar-refractivity contribution in [2.45, 2.75) is 44.2 Å². The van der Waals surface area contributed by atoms with Gasteiger partial charge in [0.2, 0.25) is 0 Å². The van der Waals surface area contributed by atoms with Gasteiger partial charge in [-0.15, -0.1) is 0 Å². The number of imide groups is 1. The predicted octanol–water partition coefficient (Wildman–Crippen LogP) is 4.93. The van der Waals surface area contributed by atoms with Crippen LogP contribution in [0, 0.1) is 5.92 Å². The topological polar surface area (TPSA) is 84.9 Å². The Kier molecular flexibility index (Phi) is 5.02. The monoisotopic (exact) mass is 480 g/mol. The number of halogens is 1. The molecule has 1 spiro atoms. The molecule has 0 saturated carbocycles. The van der Waals surface area contributed by atoms with Crippen LogP contribution in [0.25, 0.3) is 5.57 Å². The van der Waals surface area contributed by atoms with Gasteiger partial charge in [0.15, 0.2) is 0 Å². The largest absolute Gasteiger partial charge is 0.469 e. The molecule has 1 aliphatic carbocycles. The Morgan fingerprint density at radius 1 is 1.18 bits per heavy atom. The lowest BCUT2D eigenvalue weighted by Crippen LogP contribution is -2.59. The summed E-state index contributed by atoms with van der Waals surface area (Å²) in [5.74, 6) is -1.91. The fraction of sp³-hybridized carbons (Fsp3) is 0.346. The van der Waals surface area contributed by atoms with Crippen LogP contribution in [0.15, 0.2) is 48.5 Å². The molecule has 1 N–H and O–H groups in total. The van der Waals surface area contributed by atoms with Crippen LogP contribution in [-0.4, -0.2) is 36.7 Å². The lowest BCUT2D eigenvalue weighted by atomic mass is 9.60. The molecule has 2 aromatic carbocycles. The Bertz CT molecular complexity index is 1260. The third-order valence-corrected chi connectivity index (χ3v) is 6.93. The number of benzene rings is 2. The molecule has 2 aliphatic heterocycles. The van der Waals surface area contributed by atoms with Crippen LogP contribution in [0.3, 0.4) is 0 Å². The molecule has 2 heterocycles. The Morgan fingerprint density at radius 2 is 1.91 bits per heavy atom. The highest BCUT2D eigenvalue weighted by Crippen LogP contribution is 2.58. The number of hydrogen-bond donors (Lipinski definition) is 1. The molecule has 0 unspecified atom stereocenters. The Balaban J connectivity index is 1.75. The number of para-hydroxylation sites is 1. The van der Waals surface area contributed by atoms with Crippen molar-refractivity contribution in [1.82, 2.24) is 0 Å². The average molecular weight is 481 g/mol. The SMILES string of the molecule is COC(=O)[C@H]1CC=C2c3ccccc3N[C@H]2[C@]12C(=O)N(C(=O)OC(C)(C)C)c1cc(Cl)ccc12. The number of methoxy groups -OCH3 is 1. The van der Waals surface area contributed by atoms with Gasteiger partial charge in [-0.05, 0) is 56.5 Å². The van der Waals surface area contributed by atoms with E-state index in [4.69, 9.17) is 21.1 Å². The maximum Gasteiger partial charge on any atom is 0.421 e. The highest BCUT2D eigenvalue weighted by molar-refractivity contribution is 6.32. The van der Waals surface area contributed by atoms with Crippen molar-refractivity contribution in [3.63, 3.8) is 0 Å². The Labute approximate surface area is 202 Å². The normalized spacial score (nSPS) is 24.7. The molecule has 176 valence electrons. The van der Waals surface area contributed by atoms with Crippen LogP contribution in [0.1, 0.15) is 38.3 Å². The molecule has 0 radical (unpaired) electrons. The molecule has 0 saturated heterocycles. The summed E-state index contributed by atoms with van der Waals surface area (Å²) in [6.45, 7) is 5.19. The van der Waals surface area contributed by atoms with E-state index >= 15 is 0 Å². The number of esters is 1. The minimum absolute atomic E-state index is 0.282. The number of nitrogens with zero attached hydrogens (tertiary/aromatic N) is 1. The number of fused-ring (bicyclic) bond motifs is 6. The summed E-state index contributed by atoms with van der Waals surface area (Å²) < 4.78 is 10.7. The van der Waals surface area contributed by atoms with Gasteiger partial charge < -0.3 is 14.8 Å². The van der Waals surface area contributed by atoms with Crippen LogP contribution in [0.5, 0.6) is 0 Å². The molecular weight excluding hydrogens is 456 g/mol. The molecule has 0 fully saturated rings. The maximum atomic E-state index is 14.4. The number of anilines is 2. The van der Waals surface area contributed by atoms with Crippen LogP contribution in [0.4, 0.5) is 16.2 Å². The first-order valence-corrected chi connectivity index (χ1v) is 11.5. The molecule has 2 amide bonds. The van der Waals surface area contributed by atoms with Crippen molar-refractivity contribution in [3.05, 3.63) is 64.7 Å². The highest BCUT2D eigenvalue weighted by Gasteiger charge is 2.66. The third kappa shape index (κ3) is 3.06. The second-order valence-electron chi connectivity index (χ2n) is 9.75. The number of nitrogens with one attached hydrogen (secondary N) is 1. The van der Waals surface area contributed by atoms with E-state index in [0.717, 1.165) is 21.7 Å². The van der Waals surface area contributed by atoms with E-state index in [0.29, 0.717) is 16.3 Å². The van der Waals surface area contributed by atoms with Crippen LogP contribution in [-0.2, 0) is 24.5 Å². The molecule has 2 aromatic rings. The van der Waals surface area contributed by atoms with Crippen molar-refractivity contribution < 1.29 is 23.9 Å². The summed E-state index contributed by atoms with van der Waals surface area (Å²) in [5, 5.41) is 3.83. The van der Waals surface area contributed by atoms with E-state index in [9.17, 15) is 14.4 Å². The zero-order valence-electron chi connectivity index (χ0n) is 19.3. The van der Waals surface area contributed by atoms with E-state index in [1.54, 1.807) is 39.0 Å². The first kappa shape index (κ1) is 22.5. The van der Waals surface area contributed by atoms with E-state index in [1.807, 2.05) is 30.3 Å². The standard InChI is InChI=1S/C26H25ClN2O5/c1-25(2,3)34-24(32)29-20-13-14(27)9-11-17(20)26(23(29)31)18(22(30)33-4)12-10-16-15-7-5-6-8-19(15)28-21(16)26/h5-11,13,18,21,28H,12H2,1-4H3/t18-,21-,26-/m1/s1. The van der Waals surface area contributed by atoms with Crippen LogP contribution >= 0.6 is 11.6 Å². The van der Waals surface area contributed by atoms with Gasteiger partial charge in [0.1, 0.15) is 11.0 Å². The van der Waals surface area contributed by atoms with Crippen molar-refractivity contribution in [3.8, 4) is 0 Å². The average Bonchev–Trinajstić information content (AvgIpc) is 3.27. The number of hydrogen-bond acceptors (Lipinski definition) is 6. The minimum Gasteiger partial charge on any atom is -0.469 e. The summed E-state index contributed by atoms with van der Waals surface area (Å²) in [6.07, 6.45) is 1.45. The van der Waals surface area contributed by atoms with E-state index < -0.39 is 40.9 Å². The predicted molar refractivity (Wildman–Crippen MR) is 129 cm³/mol. The molecule has 8 heteroatoms. The number of carbonyl (C=O) groups excluding carboxylic acids is 3. The minimum atomic E-state index is -1.42. The number of allylic oxidation sites excluding steroid dienone is 1. The first-order chi connectivity index (χ1) is 16.1. The first-order valence-electron chi connectivity index (χ1n) is 11.1. The molecule has 34 heavy (non-hydrogen) atoms. The van der Waals surface area contributed by atoms with Crippen molar-refractivity contribution >= 4 is 46.5 Å². The van der Waals surface area contributed by atoms with Gasteiger partial charge in [-0.3, -0.25) is 9.59 Å². The second-order valence-corrected chi connectivity index (χ2v) is 10.2. The summed E-state index contributed by atoms with van der Waals surface area (Å²) >= 11 is 6.30. The van der Waals surface area contributed by atoms with Gasteiger partial charge in [-0.2, -0.15) is 0 Å². The van der Waals surface area contributed by atoms with Gasteiger partial charge >= 0.3 is 12.1 Å². The van der Waals surface area contributed by atoms with Crippen molar-refractivity contribution in [2.75, 3.05) is 17.3 Å². The quantitative estimate of drug-likeness (QED) is 0.582. The van der Waals surface area contributed by atoms with Gasteiger partial charge in [-0.25, -0.2) is 9.69 Å². The lowest BCUT2D eigenvalue weighted by molar-refractivity contribution is -0.151. The number of rotatable bonds is 1. The summed E-state index contributed by atoms with van der Waals surface area (Å²) in [5.41, 5.74) is 1.35. The Hall–Kier alpha value is -3.32. The molecule has 5 rings (SSSR count). The van der Waals surface area contributed by atoms with Gasteiger partial charge in [0, 0.05) is 16.3 Å². The number of carbonyl (C=O) groups is 3.